The Hall–Kier alpha value is -9.64. The van der Waals surface area contributed by atoms with Gasteiger partial charge in [0.2, 0.25) is 0 Å². The minimum absolute atomic E-state index is 0.229. The number of fused-ring (bicyclic) bond motifs is 13. The van der Waals surface area contributed by atoms with Crippen LogP contribution in [0.4, 0.5) is 34.1 Å². The van der Waals surface area contributed by atoms with Gasteiger partial charge in [0.15, 0.2) is 11.2 Å². The number of nitrogens with zero attached hydrogens (tertiary/aromatic N) is 2. The molecule has 390 valence electrons. The van der Waals surface area contributed by atoms with E-state index in [1.807, 2.05) is 12.1 Å². The Morgan fingerprint density at radius 1 is 0.296 bits per heavy atom. The first-order chi connectivity index (χ1) is 39.4. The van der Waals surface area contributed by atoms with Gasteiger partial charge in [0.25, 0.3) is 0 Å². The quantitative estimate of drug-likeness (QED) is 0.152. The molecule has 1 aliphatic rings. The summed E-state index contributed by atoms with van der Waals surface area (Å²) in [5.41, 5.74) is 18.8. The van der Waals surface area contributed by atoms with E-state index in [9.17, 15) is 0 Å². The molecule has 2 heterocycles. The normalized spacial score (nSPS) is 13.2. The molecule has 81 heavy (non-hydrogen) atoms. The average Bonchev–Trinajstić information content (AvgIpc) is 1.79. The van der Waals surface area contributed by atoms with Crippen LogP contribution in [0.25, 0.3) is 98.8 Å². The van der Waals surface area contributed by atoms with Gasteiger partial charge in [0.1, 0.15) is 11.2 Å². The molecule has 0 saturated carbocycles. The second-order valence-electron chi connectivity index (χ2n) is 24.0. The summed E-state index contributed by atoms with van der Waals surface area (Å²) in [6.07, 6.45) is 0. The molecular formula is C77H60N2O2. The summed E-state index contributed by atoms with van der Waals surface area (Å²) in [4.78, 5) is 4.78. The number of anilines is 6. The molecule has 0 amide bonds. The third kappa shape index (κ3) is 7.43. The Balaban J connectivity index is 0.922. The molecule has 0 atom stereocenters. The third-order valence-corrected chi connectivity index (χ3v) is 17.5. The van der Waals surface area contributed by atoms with Crippen molar-refractivity contribution in [3.05, 3.63) is 266 Å². The van der Waals surface area contributed by atoms with E-state index in [4.69, 9.17) is 8.83 Å². The SMILES string of the molecule is CC(C)(C)C1(C(C)(C)C)c2c(ccc3cc(N(c4cccc(-c5ccccc5)c4)c4cccc5c4oc4ccccc45)ccc23)-c2ccc3cc(N(c4cccc(-c5ccccc5)c4)c4cccc5c4oc4ccccc45)ccc3c21. The van der Waals surface area contributed by atoms with Crippen LogP contribution in [0, 0.1) is 10.8 Å². The first-order valence-electron chi connectivity index (χ1n) is 28.3. The van der Waals surface area contributed by atoms with Crippen LogP contribution in [0.15, 0.2) is 264 Å². The minimum atomic E-state index is -0.431. The smallest absolute Gasteiger partial charge is 0.159 e. The van der Waals surface area contributed by atoms with Crippen molar-refractivity contribution in [2.75, 3.05) is 9.80 Å². The molecule has 0 spiro atoms. The van der Waals surface area contributed by atoms with E-state index in [0.29, 0.717) is 0 Å². The maximum Gasteiger partial charge on any atom is 0.159 e. The van der Waals surface area contributed by atoms with Crippen LogP contribution in [0.1, 0.15) is 52.7 Å². The molecule has 1 aliphatic carbocycles. The van der Waals surface area contributed by atoms with Crippen molar-refractivity contribution in [1.82, 2.24) is 0 Å². The van der Waals surface area contributed by atoms with Gasteiger partial charge in [-0.3, -0.25) is 0 Å². The van der Waals surface area contributed by atoms with Gasteiger partial charge in [-0.2, -0.15) is 0 Å². The highest BCUT2D eigenvalue weighted by Gasteiger charge is 2.59. The standard InChI is InChI=1S/C77H60N2O2/c1-75(2,3)77(76(4,5)6)71-59-43-39-57(78(55-27-17-25-51(45-55)49-21-9-7-10-22-49)67-33-19-31-65-61-29-13-15-35-69(61)80-73(65)67)47-53(59)37-41-63(71)64-42-38-54-48-58(40-44-60(54)72(64)77)79(56-28-18-26-52(46-56)50-23-11-8-12-24-50)68-34-20-32-66-62-30-14-16-36-70(62)81-74(66)68/h7-48H,1-6H3. The first-order valence-corrected chi connectivity index (χ1v) is 28.3. The van der Waals surface area contributed by atoms with Gasteiger partial charge in [-0.1, -0.05) is 224 Å². The highest BCUT2D eigenvalue weighted by atomic mass is 16.3. The van der Waals surface area contributed by atoms with Crippen LogP contribution in [0.2, 0.25) is 0 Å². The van der Waals surface area contributed by atoms with Gasteiger partial charge < -0.3 is 18.6 Å². The summed E-state index contributed by atoms with van der Waals surface area (Å²) >= 11 is 0. The number of hydrogen-bond acceptors (Lipinski definition) is 4. The van der Waals surface area contributed by atoms with Gasteiger partial charge in [-0.25, -0.2) is 0 Å². The molecule has 0 bridgehead atoms. The van der Waals surface area contributed by atoms with Crippen LogP contribution in [-0.2, 0) is 5.41 Å². The summed E-state index contributed by atoms with van der Waals surface area (Å²) in [5, 5.41) is 9.33. The average molecular weight is 1050 g/mol. The second-order valence-corrected chi connectivity index (χ2v) is 24.0. The monoisotopic (exact) mass is 1040 g/mol. The van der Waals surface area contributed by atoms with Crippen LogP contribution in [0.3, 0.4) is 0 Å². The molecule has 15 rings (SSSR count). The zero-order chi connectivity index (χ0) is 54.8. The van der Waals surface area contributed by atoms with Gasteiger partial charge in [-0.05, 0) is 150 Å². The van der Waals surface area contributed by atoms with E-state index in [1.165, 1.54) is 54.9 Å². The summed E-state index contributed by atoms with van der Waals surface area (Å²) in [6.45, 7) is 14.8. The van der Waals surface area contributed by atoms with Crippen molar-refractivity contribution in [3.8, 4) is 33.4 Å². The molecule has 2 aromatic heterocycles. The Morgan fingerprint density at radius 2 is 0.667 bits per heavy atom. The van der Waals surface area contributed by atoms with Crippen LogP contribution in [0.5, 0.6) is 0 Å². The summed E-state index contributed by atoms with van der Waals surface area (Å²) < 4.78 is 13.6. The van der Waals surface area contributed by atoms with E-state index < -0.39 is 5.41 Å². The predicted octanol–water partition coefficient (Wildman–Crippen LogP) is 22.4. The summed E-state index contributed by atoms with van der Waals surface area (Å²) in [6, 6.07) is 92.8. The Labute approximate surface area is 472 Å². The minimum Gasteiger partial charge on any atom is -0.454 e. The molecule has 4 heteroatoms. The van der Waals surface area contributed by atoms with Crippen molar-refractivity contribution in [1.29, 1.82) is 0 Å². The van der Waals surface area contributed by atoms with Crippen molar-refractivity contribution in [2.24, 2.45) is 10.8 Å². The molecule has 14 aromatic rings. The van der Waals surface area contributed by atoms with Gasteiger partial charge >= 0.3 is 0 Å². The lowest BCUT2D eigenvalue weighted by atomic mass is 9.49. The zero-order valence-electron chi connectivity index (χ0n) is 46.5. The number of furan rings is 2. The fourth-order valence-electron chi connectivity index (χ4n) is 14.5. The van der Waals surface area contributed by atoms with E-state index in [-0.39, 0.29) is 10.8 Å². The second kappa shape index (κ2) is 18.2. The van der Waals surface area contributed by atoms with Crippen LogP contribution in [-0.4, -0.2) is 0 Å². The van der Waals surface area contributed by atoms with Crippen LogP contribution < -0.4 is 9.80 Å². The number of hydrogen-bond donors (Lipinski definition) is 0. The summed E-state index contributed by atoms with van der Waals surface area (Å²) in [5.74, 6) is 0. The van der Waals surface area contributed by atoms with Gasteiger partial charge in [0.05, 0.1) is 11.4 Å². The highest BCUT2D eigenvalue weighted by molar-refractivity contribution is 6.13. The molecule has 0 unspecified atom stereocenters. The van der Waals surface area contributed by atoms with E-state index in [1.54, 1.807) is 0 Å². The van der Waals surface area contributed by atoms with Crippen molar-refractivity contribution >= 4 is 99.5 Å². The number of rotatable bonds is 8. The Bertz CT molecular complexity index is 4490. The molecule has 0 aliphatic heterocycles. The molecule has 12 aromatic carbocycles. The summed E-state index contributed by atoms with van der Waals surface area (Å²) in [7, 11) is 0. The number of para-hydroxylation sites is 4. The molecule has 0 saturated heterocycles. The zero-order valence-corrected chi connectivity index (χ0v) is 46.5. The molecular weight excluding hydrogens is 985 g/mol. The first kappa shape index (κ1) is 48.5. The predicted molar refractivity (Wildman–Crippen MR) is 341 cm³/mol. The maximum atomic E-state index is 6.81. The van der Waals surface area contributed by atoms with Gasteiger partial charge in [0, 0.05) is 49.7 Å². The fourth-order valence-corrected chi connectivity index (χ4v) is 14.5. The Morgan fingerprint density at radius 3 is 1.10 bits per heavy atom. The van der Waals surface area contributed by atoms with Gasteiger partial charge in [-0.15, -0.1) is 0 Å². The fraction of sp³-hybridized carbons (Fsp3) is 0.117. The van der Waals surface area contributed by atoms with E-state index >= 15 is 0 Å². The lowest BCUT2D eigenvalue weighted by molar-refractivity contribution is 0.0977. The molecule has 0 radical (unpaired) electrons. The van der Waals surface area contributed by atoms with Crippen molar-refractivity contribution < 1.29 is 8.83 Å². The van der Waals surface area contributed by atoms with E-state index in [2.05, 4.69) is 294 Å². The lowest BCUT2D eigenvalue weighted by Crippen LogP contribution is -2.50. The Kier molecular flexibility index (Phi) is 10.9. The molecule has 0 N–H and O–H groups in total. The third-order valence-electron chi connectivity index (χ3n) is 17.5. The lowest BCUT2D eigenvalue weighted by Gasteiger charge is -2.53. The van der Waals surface area contributed by atoms with E-state index in [0.717, 1.165) is 89.1 Å². The molecule has 0 fully saturated rings. The maximum absolute atomic E-state index is 6.81. The van der Waals surface area contributed by atoms with Crippen molar-refractivity contribution in [3.63, 3.8) is 0 Å². The number of benzene rings is 12. The molecule has 4 nitrogen and oxygen atoms in total. The van der Waals surface area contributed by atoms with Crippen LogP contribution >= 0.6 is 0 Å². The van der Waals surface area contributed by atoms with Crippen molar-refractivity contribution in [2.45, 2.75) is 47.0 Å². The topological polar surface area (TPSA) is 32.8 Å². The largest absolute Gasteiger partial charge is 0.454 e. The highest BCUT2D eigenvalue weighted by Crippen LogP contribution is 2.67.